The van der Waals surface area contributed by atoms with Crippen LogP contribution in [0, 0.1) is 6.92 Å². The number of allylic oxidation sites excluding steroid dienone is 2. The van der Waals surface area contributed by atoms with E-state index in [1.165, 1.54) is 23.3 Å². The van der Waals surface area contributed by atoms with Gasteiger partial charge in [0.2, 0.25) is 0 Å². The lowest BCUT2D eigenvalue weighted by atomic mass is 10.0. The van der Waals surface area contributed by atoms with E-state index in [0.717, 1.165) is 21.7 Å². The summed E-state index contributed by atoms with van der Waals surface area (Å²) in [6, 6.07) is 18.3. The lowest BCUT2D eigenvalue weighted by Gasteiger charge is -2.15. The number of hydrogen-bond donors (Lipinski definition) is 0. The first kappa shape index (κ1) is 20.9. The van der Waals surface area contributed by atoms with Gasteiger partial charge in [0.05, 0.1) is 23.4 Å². The van der Waals surface area contributed by atoms with Crippen molar-refractivity contribution in [1.82, 2.24) is 0 Å². The van der Waals surface area contributed by atoms with Gasteiger partial charge < -0.3 is 9.64 Å². The van der Waals surface area contributed by atoms with Gasteiger partial charge in [0.25, 0.3) is 0 Å². The minimum Gasteiger partial charge on any atom is -0.465 e. The van der Waals surface area contributed by atoms with Gasteiger partial charge >= 0.3 is 5.97 Å². The quantitative estimate of drug-likeness (QED) is 0.420. The molecule has 0 unspecified atom stereocenters. The Morgan fingerprint density at radius 1 is 1.03 bits per heavy atom. The summed E-state index contributed by atoms with van der Waals surface area (Å²) < 4.78 is 6.85. The molecule has 31 heavy (non-hydrogen) atoms. The summed E-state index contributed by atoms with van der Waals surface area (Å²) in [7, 11) is 5.50. The van der Waals surface area contributed by atoms with E-state index in [-0.39, 0.29) is 5.97 Å². The molecule has 0 bridgehead atoms. The third kappa shape index (κ3) is 4.57. The van der Waals surface area contributed by atoms with Crippen LogP contribution in [0.4, 0.5) is 5.69 Å². The summed E-state index contributed by atoms with van der Waals surface area (Å²) in [6.45, 7) is 2.12. The van der Waals surface area contributed by atoms with Gasteiger partial charge in [0, 0.05) is 24.1 Å². The van der Waals surface area contributed by atoms with Crippen LogP contribution in [0.5, 0.6) is 0 Å². The molecule has 156 valence electrons. The molecule has 3 aromatic rings. The second-order valence-corrected chi connectivity index (χ2v) is 8.64. The first-order valence-corrected chi connectivity index (χ1v) is 10.9. The summed E-state index contributed by atoms with van der Waals surface area (Å²) in [5.41, 5.74) is 6.24. The zero-order valence-corrected chi connectivity index (χ0v) is 18.9. The number of esters is 1. The van der Waals surface area contributed by atoms with E-state index < -0.39 is 0 Å². The fourth-order valence-electron chi connectivity index (χ4n) is 3.45. The van der Waals surface area contributed by atoms with Crippen molar-refractivity contribution in [2.75, 3.05) is 19.1 Å². The summed E-state index contributed by atoms with van der Waals surface area (Å²) in [4.78, 5) is 15.3. The van der Waals surface area contributed by atoms with E-state index in [0.29, 0.717) is 5.56 Å². The molecule has 2 heterocycles. The van der Waals surface area contributed by atoms with Gasteiger partial charge in [0.1, 0.15) is 7.05 Å². The monoisotopic (exact) mass is 429 g/mol. The minimum absolute atomic E-state index is 0.331. The Bertz CT molecular complexity index is 1180. The zero-order chi connectivity index (χ0) is 22.0. The molecule has 0 atom stereocenters. The molecule has 0 saturated heterocycles. The van der Waals surface area contributed by atoms with Gasteiger partial charge in [0.15, 0.2) is 12.4 Å². The molecule has 0 aliphatic carbocycles. The topological polar surface area (TPSA) is 33.4 Å². The number of aryl methyl sites for hydroxylation is 2. The van der Waals surface area contributed by atoms with E-state index in [1.807, 2.05) is 48.3 Å². The van der Waals surface area contributed by atoms with Gasteiger partial charge in [-0.1, -0.05) is 30.0 Å². The first-order chi connectivity index (χ1) is 14.9. The number of carbonyl (C=O) groups is 1. The van der Waals surface area contributed by atoms with Crippen LogP contribution < -0.4 is 9.47 Å². The summed E-state index contributed by atoms with van der Waals surface area (Å²) in [5.74, 6) is -0.331. The number of rotatable bonds is 4. The average Bonchev–Trinajstić information content (AvgIpc) is 3.09. The maximum atomic E-state index is 11.8. The first-order valence-electron chi connectivity index (χ1n) is 10.0. The Kier molecular flexibility index (Phi) is 5.96. The predicted molar refractivity (Wildman–Crippen MR) is 127 cm³/mol. The number of aromatic nitrogens is 1. The number of anilines is 1. The normalized spacial score (nSPS) is 14.6. The van der Waals surface area contributed by atoms with Crippen molar-refractivity contribution < 1.29 is 14.1 Å². The maximum absolute atomic E-state index is 11.8. The number of nitrogens with zero attached hydrogens (tertiary/aromatic N) is 2. The Balaban J connectivity index is 1.75. The van der Waals surface area contributed by atoms with Crippen molar-refractivity contribution in [2.45, 2.75) is 11.8 Å². The lowest BCUT2D eigenvalue weighted by Crippen LogP contribution is -2.25. The highest BCUT2D eigenvalue weighted by atomic mass is 32.2. The van der Waals surface area contributed by atoms with Crippen LogP contribution in [0.3, 0.4) is 0 Å². The van der Waals surface area contributed by atoms with Gasteiger partial charge in [-0.3, -0.25) is 0 Å². The molecule has 1 aromatic heterocycles. The van der Waals surface area contributed by atoms with E-state index >= 15 is 0 Å². The molecule has 0 fully saturated rings. The van der Waals surface area contributed by atoms with Crippen molar-refractivity contribution in [2.24, 2.45) is 7.05 Å². The second kappa shape index (κ2) is 8.82. The van der Waals surface area contributed by atoms with E-state index in [1.54, 1.807) is 11.8 Å². The lowest BCUT2D eigenvalue weighted by molar-refractivity contribution is -0.671. The van der Waals surface area contributed by atoms with Crippen LogP contribution in [0.1, 0.15) is 27.0 Å². The molecule has 4 rings (SSSR count). The van der Waals surface area contributed by atoms with Crippen LogP contribution in [-0.4, -0.2) is 20.1 Å². The number of hydrogen-bond acceptors (Lipinski definition) is 4. The van der Waals surface area contributed by atoms with E-state index in [2.05, 4.69) is 61.4 Å². The number of ether oxygens (including phenoxy) is 1. The Morgan fingerprint density at radius 2 is 1.71 bits per heavy atom. The molecule has 1 aliphatic heterocycles. The van der Waals surface area contributed by atoms with Crippen LogP contribution in [0.15, 0.2) is 83.0 Å². The van der Waals surface area contributed by atoms with Crippen molar-refractivity contribution in [1.29, 1.82) is 0 Å². The summed E-state index contributed by atoms with van der Waals surface area (Å²) in [5, 5.41) is 1.16. The highest BCUT2D eigenvalue weighted by molar-refractivity contribution is 8.03. The molecule has 2 aromatic carbocycles. The third-order valence-corrected chi connectivity index (χ3v) is 6.43. The molecule has 0 N–H and O–H groups in total. The Labute approximate surface area is 187 Å². The molecule has 0 spiro atoms. The average molecular weight is 430 g/mol. The van der Waals surface area contributed by atoms with Crippen LogP contribution in [0.25, 0.3) is 11.6 Å². The molecule has 0 radical (unpaired) electrons. The predicted octanol–water partition coefficient (Wildman–Crippen LogP) is 5.23. The Hall–Kier alpha value is -3.31. The fourth-order valence-corrected chi connectivity index (χ4v) is 4.53. The number of thioether (sulfide) groups is 1. The smallest absolute Gasteiger partial charge is 0.337 e. The van der Waals surface area contributed by atoms with Gasteiger partial charge in [-0.25, -0.2) is 9.36 Å². The van der Waals surface area contributed by atoms with Crippen LogP contribution in [0.2, 0.25) is 0 Å². The van der Waals surface area contributed by atoms with Crippen molar-refractivity contribution in [3.8, 4) is 0 Å². The SMILES string of the molecule is COC(=O)c1ccc(C(=Cc2cc[n+](C)cc2)C=C2Sc3ccc(C)cc3N2C)cc1. The highest BCUT2D eigenvalue weighted by Gasteiger charge is 2.22. The number of carbonyl (C=O) groups excluding carboxylic acids is 1. The number of methoxy groups -OCH3 is 1. The number of fused-ring (bicyclic) bond motifs is 1. The molecule has 4 nitrogen and oxygen atoms in total. The summed E-state index contributed by atoms with van der Waals surface area (Å²) >= 11 is 1.77. The molecule has 0 saturated carbocycles. The van der Waals surface area contributed by atoms with Gasteiger partial charge in [-0.2, -0.15) is 0 Å². The second-order valence-electron chi connectivity index (χ2n) is 7.58. The fraction of sp³-hybridized carbons (Fsp3) is 0.154. The Morgan fingerprint density at radius 3 is 2.39 bits per heavy atom. The van der Waals surface area contributed by atoms with Gasteiger partial charge in [-0.05, 0) is 65.6 Å². The van der Waals surface area contributed by atoms with E-state index in [9.17, 15) is 4.79 Å². The van der Waals surface area contributed by atoms with Gasteiger partial charge in [-0.15, -0.1) is 0 Å². The molecule has 1 aliphatic rings. The molecular formula is C26H25N2O2S+. The molecule has 0 amide bonds. The van der Waals surface area contributed by atoms with Crippen molar-refractivity contribution in [3.63, 3.8) is 0 Å². The highest BCUT2D eigenvalue weighted by Crippen LogP contribution is 2.46. The van der Waals surface area contributed by atoms with Crippen LogP contribution >= 0.6 is 11.8 Å². The number of benzene rings is 2. The standard InChI is InChI=1S/C26H25N2O2S/c1-18-5-10-24-23(15-18)28(3)25(31-24)17-22(16-19-11-13-27(2)14-12-19)20-6-8-21(9-7-20)26(29)30-4/h5-17H,1-4H3/q+1. The summed E-state index contributed by atoms with van der Waals surface area (Å²) in [6.07, 6.45) is 8.45. The zero-order valence-electron chi connectivity index (χ0n) is 18.1. The van der Waals surface area contributed by atoms with Crippen molar-refractivity contribution in [3.05, 3.63) is 100 Å². The largest absolute Gasteiger partial charge is 0.465 e. The molecular weight excluding hydrogens is 404 g/mol. The third-order valence-electron chi connectivity index (χ3n) is 5.27. The maximum Gasteiger partial charge on any atom is 0.337 e. The minimum atomic E-state index is -0.331. The van der Waals surface area contributed by atoms with E-state index in [4.69, 9.17) is 4.74 Å². The van der Waals surface area contributed by atoms with Crippen molar-refractivity contribution >= 4 is 35.1 Å². The van der Waals surface area contributed by atoms with Crippen LogP contribution in [-0.2, 0) is 11.8 Å². The number of pyridine rings is 1. The molecule has 5 heteroatoms.